The number of carbonyl (C=O) groups excluding carboxylic acids is 1. The third kappa shape index (κ3) is 4.50. The van der Waals surface area contributed by atoms with E-state index in [-0.39, 0.29) is 17.4 Å². The maximum atomic E-state index is 14.1. The number of hydrogen-bond acceptors (Lipinski definition) is 4. The van der Waals surface area contributed by atoms with E-state index in [0.717, 1.165) is 33.7 Å². The lowest BCUT2D eigenvalue weighted by Gasteiger charge is -2.40. The number of nitrogens with zero attached hydrogens (tertiary/aromatic N) is 1. The number of halogens is 1. The third-order valence-electron chi connectivity index (χ3n) is 6.82. The van der Waals surface area contributed by atoms with Crippen LogP contribution in [0.25, 0.3) is 11.8 Å². The normalized spacial score (nSPS) is 20.0. The van der Waals surface area contributed by atoms with E-state index >= 15 is 0 Å². The van der Waals surface area contributed by atoms with Gasteiger partial charge in [-0.05, 0) is 64.9 Å². The van der Waals surface area contributed by atoms with Gasteiger partial charge in [-0.25, -0.2) is 0 Å². The van der Waals surface area contributed by atoms with Crippen molar-refractivity contribution >= 4 is 34.8 Å². The second kappa shape index (κ2) is 9.25. The van der Waals surface area contributed by atoms with Crippen molar-refractivity contribution in [3.8, 4) is 0 Å². The standard InChI is InChI=1S/C30H25ClN2O3/c1-30(2)18-27-28(29(34)25(30)16-19-8-14-23(15-9-19)33(35)36)24(20-10-12-22(31)13-11-20)17-26(32-27)21-6-4-3-5-7-21/h3-17,24,32H,18H2,1-2H3/b25-16+. The highest BCUT2D eigenvalue weighted by Gasteiger charge is 2.42. The summed E-state index contributed by atoms with van der Waals surface area (Å²) in [6, 6.07) is 24.0. The fourth-order valence-electron chi connectivity index (χ4n) is 4.96. The number of Topliss-reactive ketones (excluding diaryl/α,β-unsaturated/α-hetero) is 1. The molecule has 0 aromatic heterocycles. The highest BCUT2D eigenvalue weighted by atomic mass is 35.5. The molecule has 5 rings (SSSR count). The Morgan fingerprint density at radius 2 is 1.67 bits per heavy atom. The van der Waals surface area contributed by atoms with Crippen LogP contribution in [0.2, 0.25) is 5.02 Å². The molecule has 36 heavy (non-hydrogen) atoms. The van der Waals surface area contributed by atoms with Gasteiger partial charge in [0, 0.05) is 45.6 Å². The number of nitro groups is 1. The zero-order valence-electron chi connectivity index (χ0n) is 20.0. The van der Waals surface area contributed by atoms with Crippen LogP contribution in [0, 0.1) is 15.5 Å². The second-order valence-electron chi connectivity index (χ2n) is 9.79. The minimum atomic E-state index is -0.436. The first kappa shape index (κ1) is 23.8. The van der Waals surface area contributed by atoms with Crippen LogP contribution in [0.3, 0.4) is 0 Å². The Hall–Kier alpha value is -3.96. The van der Waals surface area contributed by atoms with Gasteiger partial charge in [-0.15, -0.1) is 0 Å². The van der Waals surface area contributed by atoms with Crippen molar-refractivity contribution in [1.82, 2.24) is 5.32 Å². The zero-order valence-corrected chi connectivity index (χ0v) is 20.8. The summed E-state index contributed by atoms with van der Waals surface area (Å²) in [5, 5.41) is 15.3. The van der Waals surface area contributed by atoms with E-state index in [9.17, 15) is 14.9 Å². The molecule has 0 spiro atoms. The molecular formula is C30H25ClN2O3. The monoisotopic (exact) mass is 496 g/mol. The van der Waals surface area contributed by atoms with Crippen molar-refractivity contribution in [2.75, 3.05) is 0 Å². The summed E-state index contributed by atoms with van der Waals surface area (Å²) >= 11 is 6.16. The van der Waals surface area contributed by atoms with Crippen LogP contribution >= 0.6 is 11.6 Å². The highest BCUT2D eigenvalue weighted by molar-refractivity contribution is 6.30. The lowest BCUT2D eigenvalue weighted by Crippen LogP contribution is -2.37. The number of ketones is 1. The van der Waals surface area contributed by atoms with Gasteiger partial charge in [0.05, 0.1) is 4.92 Å². The molecule has 3 aromatic carbocycles. The quantitative estimate of drug-likeness (QED) is 0.233. The zero-order chi connectivity index (χ0) is 25.4. The first-order valence-electron chi connectivity index (χ1n) is 11.8. The number of rotatable bonds is 4. The fourth-order valence-corrected chi connectivity index (χ4v) is 5.08. The number of carbonyl (C=O) groups is 1. The molecule has 2 aliphatic rings. The highest BCUT2D eigenvalue weighted by Crippen LogP contribution is 2.48. The van der Waals surface area contributed by atoms with Crippen molar-refractivity contribution < 1.29 is 9.72 Å². The number of benzene rings is 3. The lowest BCUT2D eigenvalue weighted by atomic mass is 9.67. The van der Waals surface area contributed by atoms with Gasteiger partial charge in [0.2, 0.25) is 0 Å². The maximum Gasteiger partial charge on any atom is 0.269 e. The van der Waals surface area contributed by atoms with Gasteiger partial charge in [-0.2, -0.15) is 0 Å². The Bertz CT molecular complexity index is 1430. The van der Waals surface area contributed by atoms with Crippen LogP contribution in [-0.4, -0.2) is 10.7 Å². The number of dihydropyridines is 1. The molecular weight excluding hydrogens is 472 g/mol. The average Bonchev–Trinajstić information content (AvgIpc) is 2.87. The van der Waals surface area contributed by atoms with E-state index in [2.05, 4.69) is 37.4 Å². The first-order valence-corrected chi connectivity index (χ1v) is 12.1. The Morgan fingerprint density at radius 3 is 2.31 bits per heavy atom. The van der Waals surface area contributed by atoms with Crippen molar-refractivity contribution in [2.24, 2.45) is 5.41 Å². The number of nitro benzene ring substituents is 1. The molecule has 0 radical (unpaired) electrons. The first-order chi connectivity index (χ1) is 17.2. The van der Waals surface area contributed by atoms with E-state index in [1.807, 2.05) is 48.5 Å². The molecule has 180 valence electrons. The predicted molar refractivity (Wildman–Crippen MR) is 143 cm³/mol. The van der Waals surface area contributed by atoms with Gasteiger partial charge in [0.15, 0.2) is 5.78 Å². The Kier molecular flexibility index (Phi) is 6.10. The topological polar surface area (TPSA) is 72.2 Å². The molecule has 0 fully saturated rings. The SMILES string of the molecule is CC1(C)CC2=C(C(=O)/C1=C\c1ccc([N+](=O)[O-])cc1)C(c1ccc(Cl)cc1)C=C(c1ccccc1)N2. The van der Waals surface area contributed by atoms with Crippen molar-refractivity contribution in [2.45, 2.75) is 26.2 Å². The van der Waals surface area contributed by atoms with E-state index in [4.69, 9.17) is 11.6 Å². The summed E-state index contributed by atoms with van der Waals surface area (Å²) in [6.07, 6.45) is 4.63. The molecule has 0 amide bonds. The van der Waals surface area contributed by atoms with Crippen molar-refractivity contribution in [3.63, 3.8) is 0 Å². The third-order valence-corrected chi connectivity index (χ3v) is 7.07. The molecule has 1 N–H and O–H groups in total. The molecule has 3 aromatic rings. The van der Waals surface area contributed by atoms with Gasteiger partial charge < -0.3 is 5.32 Å². The van der Waals surface area contributed by atoms with Crippen LogP contribution in [0.15, 0.2) is 102 Å². The summed E-state index contributed by atoms with van der Waals surface area (Å²) in [5.41, 5.74) is 5.70. The lowest BCUT2D eigenvalue weighted by molar-refractivity contribution is -0.384. The largest absolute Gasteiger partial charge is 0.358 e. The summed E-state index contributed by atoms with van der Waals surface area (Å²) < 4.78 is 0. The van der Waals surface area contributed by atoms with Gasteiger partial charge in [0.1, 0.15) is 0 Å². The molecule has 6 heteroatoms. The van der Waals surface area contributed by atoms with E-state index in [1.165, 1.54) is 12.1 Å². The Balaban J connectivity index is 1.61. The van der Waals surface area contributed by atoms with Crippen LogP contribution < -0.4 is 5.32 Å². The molecule has 5 nitrogen and oxygen atoms in total. The molecule has 0 saturated heterocycles. The van der Waals surface area contributed by atoms with E-state index in [1.54, 1.807) is 12.1 Å². The number of nitrogens with one attached hydrogen (secondary N) is 1. The Morgan fingerprint density at radius 1 is 1.00 bits per heavy atom. The number of hydrogen-bond donors (Lipinski definition) is 1. The molecule has 1 aliphatic carbocycles. The van der Waals surface area contributed by atoms with Gasteiger partial charge >= 0.3 is 0 Å². The molecule has 1 aliphatic heterocycles. The maximum absolute atomic E-state index is 14.1. The molecule has 0 bridgehead atoms. The van der Waals surface area contributed by atoms with Crippen LogP contribution in [0.1, 0.15) is 42.9 Å². The Labute approximate surface area is 215 Å². The summed E-state index contributed by atoms with van der Waals surface area (Å²) in [6.45, 7) is 4.12. The van der Waals surface area contributed by atoms with Crippen LogP contribution in [0.4, 0.5) is 5.69 Å². The number of allylic oxidation sites excluding steroid dienone is 4. The second-order valence-corrected chi connectivity index (χ2v) is 10.2. The van der Waals surface area contributed by atoms with Gasteiger partial charge in [0.25, 0.3) is 5.69 Å². The summed E-state index contributed by atoms with van der Waals surface area (Å²) in [7, 11) is 0. The molecule has 0 saturated carbocycles. The van der Waals surface area contributed by atoms with Crippen LogP contribution in [0.5, 0.6) is 0 Å². The fraction of sp³-hybridized carbons (Fsp3) is 0.167. The van der Waals surface area contributed by atoms with Crippen molar-refractivity contribution in [3.05, 3.63) is 134 Å². The minimum Gasteiger partial charge on any atom is -0.358 e. The van der Waals surface area contributed by atoms with E-state index < -0.39 is 10.3 Å². The summed E-state index contributed by atoms with van der Waals surface area (Å²) in [5.74, 6) is -0.256. The van der Waals surface area contributed by atoms with Crippen LogP contribution in [-0.2, 0) is 4.79 Å². The minimum absolute atomic E-state index is 0.0181. The van der Waals surface area contributed by atoms with Crippen molar-refractivity contribution in [1.29, 1.82) is 0 Å². The number of non-ortho nitro benzene ring substituents is 1. The molecule has 1 atom stereocenters. The smallest absolute Gasteiger partial charge is 0.269 e. The molecule has 1 heterocycles. The average molecular weight is 497 g/mol. The van der Waals surface area contributed by atoms with Gasteiger partial charge in [-0.3, -0.25) is 14.9 Å². The summed E-state index contributed by atoms with van der Waals surface area (Å²) in [4.78, 5) is 24.7. The van der Waals surface area contributed by atoms with E-state index in [0.29, 0.717) is 17.0 Å². The predicted octanol–water partition coefficient (Wildman–Crippen LogP) is 7.31. The van der Waals surface area contributed by atoms with Gasteiger partial charge in [-0.1, -0.05) is 67.9 Å². The molecule has 1 unspecified atom stereocenters.